The molecule has 116 valence electrons. The predicted molar refractivity (Wildman–Crippen MR) is 74.8 cm³/mol. The summed E-state index contributed by atoms with van der Waals surface area (Å²) in [5.74, 6) is -0.0814. The van der Waals surface area contributed by atoms with Crippen LogP contribution < -0.4 is 5.73 Å². The average molecular weight is 300 g/mol. The summed E-state index contributed by atoms with van der Waals surface area (Å²) in [7, 11) is 0. The van der Waals surface area contributed by atoms with Crippen LogP contribution in [0.1, 0.15) is 42.6 Å². The van der Waals surface area contributed by atoms with Crippen molar-refractivity contribution in [2.24, 2.45) is 5.92 Å². The van der Waals surface area contributed by atoms with Crippen LogP contribution in [0.25, 0.3) is 0 Å². The molecule has 0 aliphatic heterocycles. The molecule has 1 amide bonds. The van der Waals surface area contributed by atoms with Gasteiger partial charge in [0.05, 0.1) is 5.56 Å². The number of amides is 1. The van der Waals surface area contributed by atoms with Gasteiger partial charge in [-0.2, -0.15) is 13.2 Å². The minimum atomic E-state index is -4.55. The van der Waals surface area contributed by atoms with Crippen LogP contribution in [-0.4, -0.2) is 23.4 Å². The Kier molecular flexibility index (Phi) is 4.16. The van der Waals surface area contributed by atoms with E-state index in [0.717, 1.165) is 25.0 Å². The van der Waals surface area contributed by atoms with Crippen molar-refractivity contribution in [3.05, 3.63) is 29.3 Å². The van der Waals surface area contributed by atoms with Crippen LogP contribution in [-0.2, 0) is 6.18 Å². The number of carbonyl (C=O) groups is 1. The van der Waals surface area contributed by atoms with Crippen molar-refractivity contribution in [2.75, 3.05) is 12.3 Å². The molecule has 0 aromatic heterocycles. The van der Waals surface area contributed by atoms with E-state index in [0.29, 0.717) is 6.54 Å². The molecule has 6 heteroatoms. The summed E-state index contributed by atoms with van der Waals surface area (Å²) in [4.78, 5) is 14.1. The maximum atomic E-state index is 12.9. The van der Waals surface area contributed by atoms with E-state index >= 15 is 0 Å². The number of anilines is 1. The average Bonchev–Trinajstić information content (AvgIpc) is 3.18. The molecule has 0 saturated heterocycles. The Labute approximate surface area is 121 Å². The Bertz CT molecular complexity index is 536. The topological polar surface area (TPSA) is 46.3 Å². The summed E-state index contributed by atoms with van der Waals surface area (Å²) in [6.45, 7) is 4.51. The fraction of sp³-hybridized carbons (Fsp3) is 0.533. The van der Waals surface area contributed by atoms with Crippen LogP contribution in [0.4, 0.5) is 18.9 Å². The van der Waals surface area contributed by atoms with Crippen LogP contribution >= 0.6 is 0 Å². The van der Waals surface area contributed by atoms with E-state index in [-0.39, 0.29) is 29.1 Å². The number of hydrogen-bond donors (Lipinski definition) is 1. The fourth-order valence-corrected chi connectivity index (χ4v) is 2.28. The number of rotatable bonds is 4. The van der Waals surface area contributed by atoms with Crippen LogP contribution in [0.15, 0.2) is 18.2 Å². The van der Waals surface area contributed by atoms with Gasteiger partial charge in [-0.25, -0.2) is 0 Å². The van der Waals surface area contributed by atoms with Crippen LogP contribution in [0, 0.1) is 5.92 Å². The maximum absolute atomic E-state index is 12.9. The van der Waals surface area contributed by atoms with Crippen molar-refractivity contribution < 1.29 is 18.0 Å². The third-order valence-electron chi connectivity index (χ3n) is 3.42. The lowest BCUT2D eigenvalue weighted by Gasteiger charge is -2.25. The molecule has 0 radical (unpaired) electrons. The number of nitrogen functional groups attached to an aromatic ring is 1. The zero-order valence-corrected chi connectivity index (χ0v) is 12.1. The molecule has 1 aliphatic rings. The third kappa shape index (κ3) is 3.68. The van der Waals surface area contributed by atoms with Gasteiger partial charge < -0.3 is 10.6 Å². The summed E-state index contributed by atoms with van der Waals surface area (Å²) in [5.41, 5.74) is 4.09. The summed E-state index contributed by atoms with van der Waals surface area (Å²) in [6, 6.07) is 3.53. The lowest BCUT2D eigenvalue weighted by atomic mass is 10.1. The molecule has 1 saturated carbocycles. The van der Waals surface area contributed by atoms with E-state index in [1.165, 1.54) is 6.07 Å². The highest BCUT2D eigenvalue weighted by molar-refractivity contribution is 5.95. The zero-order valence-electron chi connectivity index (χ0n) is 12.1. The number of benzene rings is 1. The molecule has 0 heterocycles. The monoisotopic (exact) mass is 300 g/mol. The molecule has 0 unspecified atom stereocenters. The molecule has 3 nitrogen and oxygen atoms in total. The van der Waals surface area contributed by atoms with E-state index in [1.807, 2.05) is 13.8 Å². The molecule has 21 heavy (non-hydrogen) atoms. The number of nitrogens with two attached hydrogens (primary N) is 1. The van der Waals surface area contributed by atoms with Gasteiger partial charge in [0.2, 0.25) is 0 Å². The van der Waals surface area contributed by atoms with Gasteiger partial charge in [0.15, 0.2) is 0 Å². The number of carbonyl (C=O) groups excluding carboxylic acids is 1. The molecular weight excluding hydrogens is 281 g/mol. The van der Waals surface area contributed by atoms with Gasteiger partial charge >= 0.3 is 6.18 Å². The number of hydrogen-bond acceptors (Lipinski definition) is 2. The number of nitrogens with zero attached hydrogens (tertiary/aromatic N) is 1. The third-order valence-corrected chi connectivity index (χ3v) is 3.42. The van der Waals surface area contributed by atoms with Crippen molar-refractivity contribution in [3.63, 3.8) is 0 Å². The van der Waals surface area contributed by atoms with Gasteiger partial charge in [-0.15, -0.1) is 0 Å². The van der Waals surface area contributed by atoms with E-state index in [4.69, 9.17) is 5.73 Å². The second-order valence-electron chi connectivity index (χ2n) is 5.88. The van der Waals surface area contributed by atoms with E-state index in [1.54, 1.807) is 4.90 Å². The molecule has 1 aromatic rings. The molecule has 0 bridgehead atoms. The van der Waals surface area contributed by atoms with Gasteiger partial charge in [-0.05, 0) is 37.0 Å². The summed E-state index contributed by atoms with van der Waals surface area (Å²) < 4.78 is 38.6. The van der Waals surface area contributed by atoms with Crippen LogP contribution in [0.5, 0.6) is 0 Å². The maximum Gasteiger partial charge on any atom is 0.418 e. The fourth-order valence-electron chi connectivity index (χ4n) is 2.28. The van der Waals surface area contributed by atoms with Crippen LogP contribution in [0.3, 0.4) is 0 Å². The van der Waals surface area contributed by atoms with Crippen molar-refractivity contribution in [3.8, 4) is 0 Å². The first-order valence-electron chi connectivity index (χ1n) is 6.98. The molecule has 2 N–H and O–H groups in total. The Morgan fingerprint density at radius 2 is 2.00 bits per heavy atom. The zero-order chi connectivity index (χ0) is 15.8. The first-order chi connectivity index (χ1) is 9.70. The highest BCUT2D eigenvalue weighted by atomic mass is 19.4. The quantitative estimate of drug-likeness (QED) is 0.864. The van der Waals surface area contributed by atoms with E-state index in [9.17, 15) is 18.0 Å². The largest absolute Gasteiger partial charge is 0.418 e. The van der Waals surface area contributed by atoms with E-state index in [2.05, 4.69) is 0 Å². The molecule has 1 aliphatic carbocycles. The summed E-state index contributed by atoms with van der Waals surface area (Å²) in [6.07, 6.45) is -2.72. The molecule has 1 fully saturated rings. The van der Waals surface area contributed by atoms with E-state index < -0.39 is 11.7 Å². The van der Waals surface area contributed by atoms with Gasteiger partial charge in [0, 0.05) is 23.8 Å². The predicted octanol–water partition coefficient (Wildman–Crippen LogP) is 3.55. The summed E-state index contributed by atoms with van der Waals surface area (Å²) >= 11 is 0. The molecule has 0 spiro atoms. The lowest BCUT2D eigenvalue weighted by molar-refractivity contribution is -0.136. The SMILES string of the molecule is CC(C)CN(C(=O)c1ccc(N)c(C(F)(F)F)c1)C1CC1. The second kappa shape index (κ2) is 5.58. The Morgan fingerprint density at radius 1 is 1.38 bits per heavy atom. The Balaban J connectivity index is 2.30. The first-order valence-corrected chi connectivity index (χ1v) is 6.98. The molecule has 2 rings (SSSR count). The molecule has 0 atom stereocenters. The smallest absolute Gasteiger partial charge is 0.398 e. The highest BCUT2D eigenvalue weighted by Crippen LogP contribution is 2.35. The Morgan fingerprint density at radius 3 is 2.48 bits per heavy atom. The number of halogens is 3. The summed E-state index contributed by atoms with van der Waals surface area (Å²) in [5, 5.41) is 0. The minimum Gasteiger partial charge on any atom is -0.398 e. The normalized spacial score (nSPS) is 15.3. The standard InChI is InChI=1S/C15H19F3N2O/c1-9(2)8-20(11-4-5-11)14(21)10-3-6-13(19)12(7-10)15(16,17)18/h3,6-7,9,11H,4-5,8,19H2,1-2H3. The van der Waals surface area contributed by atoms with Crippen LogP contribution in [0.2, 0.25) is 0 Å². The Hall–Kier alpha value is -1.72. The molecule has 1 aromatic carbocycles. The second-order valence-corrected chi connectivity index (χ2v) is 5.88. The van der Waals surface area contributed by atoms with Crippen molar-refractivity contribution >= 4 is 11.6 Å². The van der Waals surface area contributed by atoms with Gasteiger partial charge in [0.25, 0.3) is 5.91 Å². The van der Waals surface area contributed by atoms with Crippen molar-refractivity contribution in [1.82, 2.24) is 4.90 Å². The van der Waals surface area contributed by atoms with Crippen molar-refractivity contribution in [2.45, 2.75) is 38.9 Å². The van der Waals surface area contributed by atoms with Gasteiger partial charge in [-0.3, -0.25) is 4.79 Å². The molecular formula is C15H19F3N2O. The minimum absolute atomic E-state index is 0.0454. The lowest BCUT2D eigenvalue weighted by Crippen LogP contribution is -2.36. The van der Waals surface area contributed by atoms with Crippen molar-refractivity contribution in [1.29, 1.82) is 0 Å². The van der Waals surface area contributed by atoms with Gasteiger partial charge in [-0.1, -0.05) is 13.8 Å². The highest BCUT2D eigenvalue weighted by Gasteiger charge is 2.36. The number of alkyl halides is 3. The van der Waals surface area contributed by atoms with Gasteiger partial charge in [0.1, 0.15) is 0 Å². The first kappa shape index (κ1) is 15.7.